The predicted octanol–water partition coefficient (Wildman–Crippen LogP) is 4.96. The van der Waals surface area contributed by atoms with Crippen LogP contribution >= 0.6 is 27.3 Å². The van der Waals surface area contributed by atoms with Gasteiger partial charge in [0.15, 0.2) is 0 Å². The minimum Gasteiger partial charge on any atom is -0.378 e. The van der Waals surface area contributed by atoms with E-state index in [1.54, 1.807) is 17.7 Å². The third-order valence-corrected chi connectivity index (χ3v) is 6.54. The lowest BCUT2D eigenvalue weighted by molar-refractivity contribution is 0.122. The van der Waals surface area contributed by atoms with Gasteiger partial charge in [-0.1, -0.05) is 34.1 Å². The number of nitrogens with one attached hydrogen (secondary N) is 1. The number of rotatable bonds is 5. The molecule has 0 spiro atoms. The standard InChI is InChI=1S/C22H20BrN5OS/c23-17-4-2-16(3-5-17)18-13-30-22-20(18)21(26-14-27-22)25-12-15-1-6-19(24-11-15)28-7-9-29-10-8-28/h1-6,11,13-14H,7-10,12H2,(H,25,26,27). The summed E-state index contributed by atoms with van der Waals surface area (Å²) in [7, 11) is 0. The number of thiophene rings is 1. The molecule has 0 unspecified atom stereocenters. The number of morpholine rings is 1. The average molecular weight is 482 g/mol. The van der Waals surface area contributed by atoms with Gasteiger partial charge in [0.25, 0.3) is 0 Å². The van der Waals surface area contributed by atoms with Crippen LogP contribution in [0.25, 0.3) is 21.3 Å². The van der Waals surface area contributed by atoms with E-state index in [2.05, 4.69) is 82.9 Å². The molecule has 8 heteroatoms. The average Bonchev–Trinajstić information content (AvgIpc) is 3.24. The van der Waals surface area contributed by atoms with Crippen LogP contribution in [0.4, 0.5) is 11.6 Å². The van der Waals surface area contributed by atoms with Gasteiger partial charge in [0.1, 0.15) is 22.8 Å². The molecule has 1 saturated heterocycles. The summed E-state index contributed by atoms with van der Waals surface area (Å²) in [5, 5.41) is 6.69. The Morgan fingerprint density at radius 3 is 2.63 bits per heavy atom. The van der Waals surface area contributed by atoms with Crippen molar-refractivity contribution >= 4 is 49.1 Å². The largest absolute Gasteiger partial charge is 0.378 e. The van der Waals surface area contributed by atoms with Crippen molar-refractivity contribution < 1.29 is 4.74 Å². The van der Waals surface area contributed by atoms with Gasteiger partial charge >= 0.3 is 0 Å². The summed E-state index contributed by atoms with van der Waals surface area (Å²) >= 11 is 5.14. The second-order valence-electron chi connectivity index (χ2n) is 7.04. The molecule has 0 atom stereocenters. The maximum atomic E-state index is 5.42. The van der Waals surface area contributed by atoms with Crippen molar-refractivity contribution in [3.63, 3.8) is 0 Å². The van der Waals surface area contributed by atoms with Crippen LogP contribution in [0.1, 0.15) is 5.56 Å². The zero-order valence-electron chi connectivity index (χ0n) is 16.2. The van der Waals surface area contributed by atoms with Crippen LogP contribution in [0.15, 0.2) is 58.8 Å². The van der Waals surface area contributed by atoms with Crippen LogP contribution < -0.4 is 10.2 Å². The first-order valence-corrected chi connectivity index (χ1v) is 11.4. The number of hydrogen-bond acceptors (Lipinski definition) is 7. The molecule has 1 fully saturated rings. The van der Waals surface area contributed by atoms with E-state index in [0.29, 0.717) is 6.54 Å². The van der Waals surface area contributed by atoms with Gasteiger partial charge in [-0.3, -0.25) is 0 Å². The fourth-order valence-corrected chi connectivity index (χ4v) is 4.72. The monoisotopic (exact) mass is 481 g/mol. The molecular weight excluding hydrogens is 462 g/mol. The van der Waals surface area contributed by atoms with Crippen molar-refractivity contribution in [1.82, 2.24) is 15.0 Å². The van der Waals surface area contributed by atoms with Crippen LogP contribution in [-0.2, 0) is 11.3 Å². The van der Waals surface area contributed by atoms with Gasteiger partial charge in [0.2, 0.25) is 0 Å². The van der Waals surface area contributed by atoms with E-state index in [1.807, 2.05) is 6.20 Å². The van der Waals surface area contributed by atoms with Crippen molar-refractivity contribution in [2.45, 2.75) is 6.54 Å². The molecule has 1 aromatic carbocycles. The summed E-state index contributed by atoms with van der Waals surface area (Å²) in [6.45, 7) is 3.95. The van der Waals surface area contributed by atoms with Crippen LogP contribution in [0.2, 0.25) is 0 Å². The van der Waals surface area contributed by atoms with Gasteiger partial charge in [0.05, 0.1) is 18.6 Å². The topological polar surface area (TPSA) is 63.2 Å². The van der Waals surface area contributed by atoms with E-state index in [1.165, 1.54) is 0 Å². The number of hydrogen-bond donors (Lipinski definition) is 1. The van der Waals surface area contributed by atoms with Gasteiger partial charge in [-0.15, -0.1) is 11.3 Å². The third-order valence-electron chi connectivity index (χ3n) is 5.13. The lowest BCUT2D eigenvalue weighted by atomic mass is 10.1. The van der Waals surface area contributed by atoms with Gasteiger partial charge in [0, 0.05) is 41.2 Å². The highest BCUT2D eigenvalue weighted by Crippen LogP contribution is 2.37. The summed E-state index contributed by atoms with van der Waals surface area (Å²) < 4.78 is 6.48. The number of anilines is 2. The zero-order valence-corrected chi connectivity index (χ0v) is 18.6. The summed E-state index contributed by atoms with van der Waals surface area (Å²) in [4.78, 5) is 16.8. The number of ether oxygens (including phenoxy) is 1. The second-order valence-corrected chi connectivity index (χ2v) is 8.81. The first-order chi connectivity index (χ1) is 14.8. The second kappa shape index (κ2) is 8.67. The van der Waals surface area contributed by atoms with Crippen molar-refractivity contribution in [3.8, 4) is 11.1 Å². The SMILES string of the molecule is Brc1ccc(-c2csc3ncnc(NCc4ccc(N5CCOCC5)nc4)c23)cc1. The Kier molecular flexibility index (Phi) is 5.61. The number of halogens is 1. The highest BCUT2D eigenvalue weighted by atomic mass is 79.9. The molecule has 4 aromatic rings. The predicted molar refractivity (Wildman–Crippen MR) is 125 cm³/mol. The number of aromatic nitrogens is 3. The van der Waals surface area contributed by atoms with E-state index in [4.69, 9.17) is 4.74 Å². The molecule has 0 saturated carbocycles. The summed E-state index contributed by atoms with van der Waals surface area (Å²) in [6.07, 6.45) is 3.55. The van der Waals surface area contributed by atoms with E-state index < -0.39 is 0 Å². The van der Waals surface area contributed by atoms with E-state index in [0.717, 1.165) is 69.3 Å². The van der Waals surface area contributed by atoms with Crippen LogP contribution in [0.3, 0.4) is 0 Å². The van der Waals surface area contributed by atoms with E-state index in [-0.39, 0.29) is 0 Å². The van der Waals surface area contributed by atoms with Crippen molar-refractivity contribution in [2.75, 3.05) is 36.5 Å². The first-order valence-electron chi connectivity index (χ1n) is 9.77. The minimum atomic E-state index is 0.651. The lowest BCUT2D eigenvalue weighted by Gasteiger charge is -2.27. The molecular formula is C22H20BrN5OS. The molecule has 0 bridgehead atoms. The summed E-state index contributed by atoms with van der Waals surface area (Å²) in [5.74, 6) is 1.85. The molecule has 1 aliphatic rings. The van der Waals surface area contributed by atoms with E-state index >= 15 is 0 Å². The third kappa shape index (κ3) is 4.03. The van der Waals surface area contributed by atoms with Gasteiger partial charge < -0.3 is 15.0 Å². The smallest absolute Gasteiger partial charge is 0.139 e. The van der Waals surface area contributed by atoms with Crippen molar-refractivity contribution in [1.29, 1.82) is 0 Å². The highest BCUT2D eigenvalue weighted by molar-refractivity contribution is 9.10. The van der Waals surface area contributed by atoms with Gasteiger partial charge in [-0.05, 0) is 29.3 Å². The highest BCUT2D eigenvalue weighted by Gasteiger charge is 2.14. The fraction of sp³-hybridized carbons (Fsp3) is 0.227. The zero-order chi connectivity index (χ0) is 20.3. The van der Waals surface area contributed by atoms with Gasteiger partial charge in [-0.25, -0.2) is 15.0 Å². The Labute approximate surface area is 187 Å². The van der Waals surface area contributed by atoms with Crippen LogP contribution in [0.5, 0.6) is 0 Å². The Bertz CT molecular complexity index is 1140. The van der Waals surface area contributed by atoms with Crippen LogP contribution in [0, 0.1) is 0 Å². The van der Waals surface area contributed by atoms with Crippen LogP contribution in [-0.4, -0.2) is 41.3 Å². The maximum absolute atomic E-state index is 5.42. The summed E-state index contributed by atoms with van der Waals surface area (Å²) in [5.41, 5.74) is 3.41. The number of fused-ring (bicyclic) bond motifs is 1. The minimum absolute atomic E-state index is 0.651. The quantitative estimate of drug-likeness (QED) is 0.434. The molecule has 0 aliphatic carbocycles. The lowest BCUT2D eigenvalue weighted by Crippen LogP contribution is -2.36. The molecule has 152 valence electrons. The van der Waals surface area contributed by atoms with Crippen molar-refractivity contribution in [3.05, 3.63) is 64.3 Å². The summed E-state index contributed by atoms with van der Waals surface area (Å²) in [6, 6.07) is 12.5. The Morgan fingerprint density at radius 2 is 1.87 bits per heavy atom. The molecule has 0 amide bonds. The molecule has 1 aliphatic heterocycles. The molecule has 4 heterocycles. The molecule has 1 N–H and O–H groups in total. The molecule has 5 rings (SSSR count). The van der Waals surface area contributed by atoms with Gasteiger partial charge in [-0.2, -0.15) is 0 Å². The fourth-order valence-electron chi connectivity index (χ4n) is 3.54. The molecule has 6 nitrogen and oxygen atoms in total. The van der Waals surface area contributed by atoms with E-state index in [9.17, 15) is 0 Å². The first kappa shape index (κ1) is 19.4. The number of pyridine rings is 1. The maximum Gasteiger partial charge on any atom is 0.139 e. The normalized spacial score (nSPS) is 14.2. The Morgan fingerprint density at radius 1 is 1.03 bits per heavy atom. The molecule has 3 aromatic heterocycles. The molecule has 0 radical (unpaired) electrons. The Balaban J connectivity index is 1.36. The Hall–Kier alpha value is -2.55. The van der Waals surface area contributed by atoms with Crippen molar-refractivity contribution in [2.24, 2.45) is 0 Å². The number of nitrogens with zero attached hydrogens (tertiary/aromatic N) is 4. The number of benzene rings is 1. The molecule has 30 heavy (non-hydrogen) atoms.